The molecule has 0 aromatic heterocycles. The molecule has 3 radical (unpaired) electrons. The van der Waals surface area contributed by atoms with E-state index in [1.54, 1.807) is 0 Å². The predicted octanol–water partition coefficient (Wildman–Crippen LogP) is -1.22. The molecule has 0 N–H and O–H groups in total. The molecule has 0 aliphatic rings. The Hall–Kier alpha value is -0.0101. The summed E-state index contributed by atoms with van der Waals surface area (Å²) in [6, 6.07) is 0. The Morgan fingerprint density at radius 3 is 0.600 bits per heavy atom. The van der Waals surface area contributed by atoms with Crippen molar-refractivity contribution in [1.82, 2.24) is 0 Å². The van der Waals surface area contributed by atoms with E-state index in [4.69, 9.17) is 10.5 Å². The molecule has 47 valence electrons. The Morgan fingerprint density at radius 2 is 0.600 bits per heavy atom. The molecule has 0 atom stereocenters. The summed E-state index contributed by atoms with van der Waals surface area (Å²) in [5.74, 6) is 0. The summed E-state index contributed by atoms with van der Waals surface area (Å²) >= 11 is 0. The smallest absolute Gasteiger partial charge is 2.00 e. The first kappa shape index (κ1) is 204. The molecule has 0 amide bonds. The van der Waals surface area contributed by atoms with Crippen LogP contribution in [0.5, 0.6) is 0 Å². The minimum Gasteiger partial charge on any atom is -2.00 e. The maximum absolute atomic E-state index is 6.50. The van der Waals surface area contributed by atoms with Crippen LogP contribution >= 0.6 is 0 Å². The first-order valence-corrected chi connectivity index (χ1v) is 0.516. The van der Waals surface area contributed by atoms with E-state index in [1.165, 1.54) is 0 Å². The van der Waals surface area contributed by atoms with E-state index in [9.17, 15) is 0 Å². The summed E-state index contributed by atoms with van der Waals surface area (Å²) in [7, 11) is 0. The molecule has 0 aromatic rings. The van der Waals surface area contributed by atoms with Crippen LogP contribution in [-0.2, 0) is 16.4 Å². The van der Waals surface area contributed by atoms with Crippen LogP contribution in [0.1, 0.15) is 0 Å². The maximum atomic E-state index is 6.50. The fourth-order valence-electron chi connectivity index (χ4n) is 0. The quantitative estimate of drug-likeness (QED) is 0.418. The standard InChI is InChI=1S/2CHN.2Al.B.3O/c2*1-2;;;;;;/h2*1H;;;;;;/q;;2*+3;;3*-2. The minimum absolute atomic E-state index is 0. The summed E-state index contributed by atoms with van der Waals surface area (Å²) in [6.07, 6.45) is 0. The molecular weight excluding hydrogens is 165 g/mol. The van der Waals surface area contributed by atoms with Gasteiger partial charge in [-0.05, 0) is 0 Å². The van der Waals surface area contributed by atoms with E-state index >= 15 is 0 Å². The van der Waals surface area contributed by atoms with Gasteiger partial charge in [0.2, 0.25) is 0 Å². The summed E-state index contributed by atoms with van der Waals surface area (Å²) in [6.45, 7) is 7.00. The summed E-state index contributed by atoms with van der Waals surface area (Å²) in [5.41, 5.74) is 0. The third-order valence-corrected chi connectivity index (χ3v) is 0. The SMILES string of the molecule is C#N.C#N.[Al+3].[Al+3].[B].[O-2].[O-2].[O-2]. The van der Waals surface area contributed by atoms with Gasteiger partial charge in [-0.15, -0.1) is 0 Å². The summed E-state index contributed by atoms with van der Waals surface area (Å²) < 4.78 is 0. The van der Waals surface area contributed by atoms with E-state index in [0.29, 0.717) is 0 Å². The van der Waals surface area contributed by atoms with Crippen LogP contribution in [0, 0.1) is 23.7 Å². The van der Waals surface area contributed by atoms with Gasteiger partial charge in [-0.3, -0.25) is 0 Å². The molecular formula is C2H2Al2BN2O3. The molecule has 0 unspecified atom stereocenters. The molecule has 8 heteroatoms. The van der Waals surface area contributed by atoms with Gasteiger partial charge in [0.1, 0.15) is 0 Å². The molecule has 0 aromatic carbocycles. The number of hydrogen-bond acceptors (Lipinski definition) is 2. The molecule has 0 heterocycles. The zero-order valence-electron chi connectivity index (χ0n) is 5.01. The third kappa shape index (κ3) is 3800000. The van der Waals surface area contributed by atoms with Crippen molar-refractivity contribution in [3.8, 4) is 13.1 Å². The first-order valence-electron chi connectivity index (χ1n) is 0.516. The van der Waals surface area contributed by atoms with Crippen molar-refractivity contribution in [2.24, 2.45) is 0 Å². The van der Waals surface area contributed by atoms with E-state index in [1.807, 2.05) is 0 Å². The second-order valence-electron chi connectivity index (χ2n) is 0. The molecule has 0 saturated carbocycles. The molecule has 0 fully saturated rings. The van der Waals surface area contributed by atoms with E-state index < -0.39 is 0 Å². The van der Waals surface area contributed by atoms with Gasteiger partial charge in [0.05, 0.1) is 0 Å². The average Bonchev–Trinajstić information content (AvgIpc) is 1.50. The molecule has 0 bridgehead atoms. The van der Waals surface area contributed by atoms with Crippen LogP contribution in [-0.4, -0.2) is 43.1 Å². The van der Waals surface area contributed by atoms with Gasteiger partial charge in [-0.1, -0.05) is 0 Å². The van der Waals surface area contributed by atoms with Gasteiger partial charge < -0.3 is 16.4 Å². The van der Waals surface area contributed by atoms with Crippen molar-refractivity contribution < 1.29 is 16.4 Å². The fourth-order valence-corrected chi connectivity index (χ4v) is 0. The van der Waals surface area contributed by atoms with Crippen LogP contribution in [0.3, 0.4) is 0 Å². The van der Waals surface area contributed by atoms with Crippen molar-refractivity contribution >= 4 is 43.1 Å². The van der Waals surface area contributed by atoms with Gasteiger partial charge in [0, 0.05) is 21.6 Å². The largest absolute Gasteiger partial charge is 3.00 e. The second-order valence-corrected chi connectivity index (χ2v) is 0. The molecule has 0 saturated heterocycles. The number of nitrogens with zero attached hydrogens (tertiary/aromatic N) is 2. The number of nitriles is 2. The Morgan fingerprint density at radius 1 is 0.600 bits per heavy atom. The van der Waals surface area contributed by atoms with Gasteiger partial charge in [-0.2, -0.15) is 0 Å². The van der Waals surface area contributed by atoms with E-state index in [-0.39, 0.29) is 59.6 Å². The first-order chi connectivity index (χ1) is 2.00. The van der Waals surface area contributed by atoms with Crippen LogP contribution in [0.25, 0.3) is 0 Å². The van der Waals surface area contributed by atoms with E-state index in [2.05, 4.69) is 13.1 Å². The van der Waals surface area contributed by atoms with Crippen molar-refractivity contribution in [3.63, 3.8) is 0 Å². The van der Waals surface area contributed by atoms with Crippen molar-refractivity contribution in [3.05, 3.63) is 0 Å². The van der Waals surface area contributed by atoms with Crippen LogP contribution in [0.4, 0.5) is 0 Å². The molecule has 0 spiro atoms. The predicted molar refractivity (Wildman–Crippen MR) is 32.7 cm³/mol. The second kappa shape index (κ2) is 5590000. The van der Waals surface area contributed by atoms with Crippen LogP contribution in [0.2, 0.25) is 0 Å². The van der Waals surface area contributed by atoms with Crippen LogP contribution in [0.15, 0.2) is 0 Å². The summed E-state index contributed by atoms with van der Waals surface area (Å²) in [4.78, 5) is 0. The minimum atomic E-state index is 0. The van der Waals surface area contributed by atoms with Gasteiger partial charge in [-0.25, -0.2) is 10.5 Å². The molecule has 0 rings (SSSR count). The number of hydrogen-bond donors (Lipinski definition) is 0. The van der Waals surface area contributed by atoms with Gasteiger partial charge in [0.15, 0.2) is 0 Å². The Labute approximate surface area is 83.4 Å². The molecule has 5 nitrogen and oxygen atoms in total. The molecule has 0 aliphatic carbocycles. The van der Waals surface area contributed by atoms with Crippen molar-refractivity contribution in [2.75, 3.05) is 0 Å². The average molecular weight is 167 g/mol. The number of rotatable bonds is 0. The zero-order chi connectivity index (χ0) is 4.00. The molecule has 0 aliphatic heterocycles. The maximum Gasteiger partial charge on any atom is 3.00 e. The normalized spacial score (nSPS) is 0.400. The zero-order valence-corrected chi connectivity index (χ0v) is 7.32. The van der Waals surface area contributed by atoms with Crippen molar-refractivity contribution in [1.29, 1.82) is 10.5 Å². The van der Waals surface area contributed by atoms with E-state index in [0.717, 1.165) is 0 Å². The topological polar surface area (TPSA) is 133 Å². The fraction of sp³-hybridized carbons (Fsp3) is 0. The monoisotopic (exact) mass is 167 g/mol. The Kier molecular flexibility index (Phi) is 114000000. The van der Waals surface area contributed by atoms with Crippen molar-refractivity contribution in [2.45, 2.75) is 0 Å². The Balaban J connectivity index is -0.000000000833. The van der Waals surface area contributed by atoms with Gasteiger partial charge >= 0.3 is 34.7 Å². The van der Waals surface area contributed by atoms with Gasteiger partial charge in [0.25, 0.3) is 0 Å². The van der Waals surface area contributed by atoms with Crippen LogP contribution < -0.4 is 0 Å². The molecule has 10 heavy (non-hydrogen) atoms. The Bertz CT molecular complexity index is 38.0. The third-order valence-electron chi connectivity index (χ3n) is 0. The summed E-state index contributed by atoms with van der Waals surface area (Å²) in [5, 5.41) is 13.0.